The van der Waals surface area contributed by atoms with Crippen LogP contribution in [0.25, 0.3) is 0 Å². The summed E-state index contributed by atoms with van der Waals surface area (Å²) in [5.74, 6) is -1.69. The Kier molecular flexibility index (Phi) is 5.69. The first-order valence-electron chi connectivity index (χ1n) is 7.07. The van der Waals surface area contributed by atoms with E-state index in [2.05, 4.69) is 5.32 Å². The number of halogens is 4. The van der Waals surface area contributed by atoms with E-state index in [0.29, 0.717) is 16.8 Å². The van der Waals surface area contributed by atoms with Crippen molar-refractivity contribution in [3.8, 4) is 0 Å². The SMILES string of the molecule is Cc1ccc(NC(=O)COC(=O)c2cccc(C(F)(F)F)c2)c(Cl)c1. The van der Waals surface area contributed by atoms with Crippen molar-refractivity contribution in [3.63, 3.8) is 0 Å². The van der Waals surface area contributed by atoms with E-state index >= 15 is 0 Å². The Balaban J connectivity index is 1.96. The third kappa shape index (κ3) is 5.22. The molecule has 1 N–H and O–H groups in total. The first-order chi connectivity index (χ1) is 11.7. The molecule has 0 atom stereocenters. The van der Waals surface area contributed by atoms with Gasteiger partial charge in [0, 0.05) is 0 Å². The number of esters is 1. The molecule has 0 saturated carbocycles. The second-order valence-corrected chi connectivity index (χ2v) is 5.59. The predicted octanol–water partition coefficient (Wildman–Crippen LogP) is 4.46. The fourth-order valence-corrected chi connectivity index (χ4v) is 2.23. The Labute approximate surface area is 146 Å². The van der Waals surface area contributed by atoms with Crippen LogP contribution in [0.3, 0.4) is 0 Å². The maximum atomic E-state index is 12.6. The van der Waals surface area contributed by atoms with Crippen molar-refractivity contribution >= 4 is 29.2 Å². The van der Waals surface area contributed by atoms with Gasteiger partial charge in [-0.05, 0) is 42.8 Å². The van der Waals surface area contributed by atoms with Gasteiger partial charge >= 0.3 is 12.1 Å². The standard InChI is InChI=1S/C17H13ClF3NO3/c1-10-5-6-14(13(18)7-10)22-15(23)9-25-16(24)11-3-2-4-12(8-11)17(19,20)21/h2-8H,9H2,1H3,(H,22,23). The molecule has 0 heterocycles. The number of hydrogen-bond donors (Lipinski definition) is 1. The molecular formula is C17H13ClF3NO3. The summed E-state index contributed by atoms with van der Waals surface area (Å²) < 4.78 is 42.6. The Morgan fingerprint density at radius 1 is 1.16 bits per heavy atom. The van der Waals surface area contributed by atoms with Crippen LogP contribution in [0.5, 0.6) is 0 Å². The quantitative estimate of drug-likeness (QED) is 0.807. The van der Waals surface area contributed by atoms with Gasteiger partial charge in [-0.25, -0.2) is 4.79 Å². The molecule has 8 heteroatoms. The number of anilines is 1. The summed E-state index contributed by atoms with van der Waals surface area (Å²) in [5, 5.41) is 2.77. The van der Waals surface area contributed by atoms with Gasteiger partial charge in [-0.3, -0.25) is 4.79 Å². The zero-order chi connectivity index (χ0) is 18.6. The average molecular weight is 372 g/mol. The van der Waals surface area contributed by atoms with Crippen LogP contribution < -0.4 is 5.32 Å². The summed E-state index contributed by atoms with van der Waals surface area (Å²) >= 11 is 5.96. The monoisotopic (exact) mass is 371 g/mol. The second kappa shape index (κ2) is 7.57. The number of aryl methyl sites for hydroxylation is 1. The zero-order valence-electron chi connectivity index (χ0n) is 13.0. The second-order valence-electron chi connectivity index (χ2n) is 5.19. The van der Waals surface area contributed by atoms with Gasteiger partial charge in [-0.2, -0.15) is 13.2 Å². The Morgan fingerprint density at radius 2 is 1.88 bits per heavy atom. The summed E-state index contributed by atoms with van der Waals surface area (Å²) in [6.07, 6.45) is -4.57. The van der Waals surface area contributed by atoms with Gasteiger partial charge in [-0.15, -0.1) is 0 Å². The molecule has 2 aromatic rings. The van der Waals surface area contributed by atoms with Crippen molar-refractivity contribution < 1.29 is 27.5 Å². The lowest BCUT2D eigenvalue weighted by Crippen LogP contribution is -2.21. The maximum Gasteiger partial charge on any atom is 0.416 e. The average Bonchev–Trinajstić information content (AvgIpc) is 2.54. The summed E-state index contributed by atoms with van der Waals surface area (Å²) in [7, 11) is 0. The number of benzene rings is 2. The number of amides is 1. The van der Waals surface area contributed by atoms with E-state index in [9.17, 15) is 22.8 Å². The largest absolute Gasteiger partial charge is 0.452 e. The molecule has 0 fully saturated rings. The van der Waals surface area contributed by atoms with E-state index in [1.807, 2.05) is 6.92 Å². The zero-order valence-corrected chi connectivity index (χ0v) is 13.7. The number of rotatable bonds is 4. The van der Waals surface area contributed by atoms with Gasteiger partial charge in [0.15, 0.2) is 6.61 Å². The van der Waals surface area contributed by atoms with Gasteiger partial charge in [0.2, 0.25) is 0 Å². The van der Waals surface area contributed by atoms with Gasteiger partial charge in [0.1, 0.15) is 0 Å². The molecule has 0 aromatic heterocycles. The molecule has 0 spiro atoms. The number of carbonyl (C=O) groups excluding carboxylic acids is 2. The van der Waals surface area contributed by atoms with Crippen LogP contribution in [0.1, 0.15) is 21.5 Å². The number of nitrogens with one attached hydrogen (secondary N) is 1. The van der Waals surface area contributed by atoms with E-state index < -0.39 is 30.2 Å². The van der Waals surface area contributed by atoms with E-state index in [1.54, 1.807) is 18.2 Å². The lowest BCUT2D eigenvalue weighted by atomic mass is 10.1. The Morgan fingerprint density at radius 3 is 2.52 bits per heavy atom. The van der Waals surface area contributed by atoms with Crippen molar-refractivity contribution in [2.75, 3.05) is 11.9 Å². The molecule has 0 unspecified atom stereocenters. The van der Waals surface area contributed by atoms with E-state index in [-0.39, 0.29) is 5.56 Å². The number of hydrogen-bond acceptors (Lipinski definition) is 3. The highest BCUT2D eigenvalue weighted by molar-refractivity contribution is 6.33. The highest BCUT2D eigenvalue weighted by atomic mass is 35.5. The lowest BCUT2D eigenvalue weighted by molar-refractivity contribution is -0.137. The van der Waals surface area contributed by atoms with Crippen LogP contribution in [0.15, 0.2) is 42.5 Å². The van der Waals surface area contributed by atoms with Gasteiger partial charge in [-0.1, -0.05) is 23.7 Å². The smallest absolute Gasteiger partial charge is 0.416 e. The van der Waals surface area contributed by atoms with Crippen molar-refractivity contribution in [1.82, 2.24) is 0 Å². The van der Waals surface area contributed by atoms with Gasteiger partial charge in [0.25, 0.3) is 5.91 Å². The number of carbonyl (C=O) groups is 2. The topological polar surface area (TPSA) is 55.4 Å². The van der Waals surface area contributed by atoms with Crippen LogP contribution in [0, 0.1) is 6.92 Å². The molecular weight excluding hydrogens is 359 g/mol. The first-order valence-corrected chi connectivity index (χ1v) is 7.45. The predicted molar refractivity (Wildman–Crippen MR) is 86.5 cm³/mol. The van der Waals surface area contributed by atoms with E-state index in [4.69, 9.17) is 16.3 Å². The fraction of sp³-hybridized carbons (Fsp3) is 0.176. The Hall–Kier alpha value is -2.54. The molecule has 0 saturated heterocycles. The van der Waals surface area contributed by atoms with E-state index in [1.165, 1.54) is 6.07 Å². The van der Waals surface area contributed by atoms with Gasteiger partial charge < -0.3 is 10.1 Å². The fourth-order valence-electron chi connectivity index (χ4n) is 1.94. The minimum Gasteiger partial charge on any atom is -0.452 e. The normalized spacial score (nSPS) is 11.1. The molecule has 25 heavy (non-hydrogen) atoms. The highest BCUT2D eigenvalue weighted by Crippen LogP contribution is 2.29. The maximum absolute atomic E-state index is 12.6. The molecule has 2 rings (SSSR count). The molecule has 132 valence electrons. The van der Waals surface area contributed by atoms with Crippen LogP contribution >= 0.6 is 11.6 Å². The minimum atomic E-state index is -4.57. The molecule has 0 aliphatic rings. The van der Waals surface area contributed by atoms with Crippen molar-refractivity contribution in [3.05, 3.63) is 64.2 Å². The summed E-state index contributed by atoms with van der Waals surface area (Å²) in [6.45, 7) is 1.17. The first kappa shape index (κ1) is 18.8. The summed E-state index contributed by atoms with van der Waals surface area (Å²) in [6, 6.07) is 8.73. The Bertz CT molecular complexity index is 806. The van der Waals surface area contributed by atoms with Crippen molar-refractivity contribution in [2.45, 2.75) is 13.1 Å². The third-order valence-corrected chi connectivity index (χ3v) is 3.47. The lowest BCUT2D eigenvalue weighted by Gasteiger charge is -2.10. The van der Waals surface area contributed by atoms with Crippen molar-refractivity contribution in [1.29, 1.82) is 0 Å². The van der Waals surface area contributed by atoms with Gasteiger partial charge in [0.05, 0.1) is 21.8 Å². The van der Waals surface area contributed by atoms with Crippen molar-refractivity contribution in [2.24, 2.45) is 0 Å². The van der Waals surface area contributed by atoms with Crippen LogP contribution in [-0.4, -0.2) is 18.5 Å². The minimum absolute atomic E-state index is 0.295. The summed E-state index contributed by atoms with van der Waals surface area (Å²) in [5.41, 5.74) is -0.0276. The number of alkyl halides is 3. The van der Waals surface area contributed by atoms with Crippen LogP contribution in [0.4, 0.5) is 18.9 Å². The molecule has 0 bridgehead atoms. The highest BCUT2D eigenvalue weighted by Gasteiger charge is 2.31. The molecule has 0 aliphatic heterocycles. The molecule has 2 aromatic carbocycles. The molecule has 1 amide bonds. The molecule has 0 radical (unpaired) electrons. The number of ether oxygens (including phenoxy) is 1. The van der Waals surface area contributed by atoms with Crippen LogP contribution in [-0.2, 0) is 15.7 Å². The molecule has 0 aliphatic carbocycles. The third-order valence-electron chi connectivity index (χ3n) is 3.16. The van der Waals surface area contributed by atoms with E-state index in [0.717, 1.165) is 17.7 Å². The molecule has 4 nitrogen and oxygen atoms in total. The summed E-state index contributed by atoms with van der Waals surface area (Å²) in [4.78, 5) is 23.6. The van der Waals surface area contributed by atoms with Crippen LogP contribution in [0.2, 0.25) is 5.02 Å².